The number of ether oxygens (including phenoxy) is 1. The third-order valence-electron chi connectivity index (χ3n) is 3.52. The van der Waals surface area contributed by atoms with Crippen LogP contribution in [0.15, 0.2) is 24.3 Å². The number of H-pyrrole nitrogens is 1. The van der Waals surface area contributed by atoms with Gasteiger partial charge in [0.1, 0.15) is 0 Å². The van der Waals surface area contributed by atoms with Crippen molar-refractivity contribution < 1.29 is 4.74 Å². The van der Waals surface area contributed by atoms with Gasteiger partial charge in [-0.05, 0) is 25.5 Å². The molecule has 3 rings (SSSR count). The van der Waals surface area contributed by atoms with Crippen molar-refractivity contribution in [1.29, 1.82) is 0 Å². The number of anilines is 1. The van der Waals surface area contributed by atoms with Crippen LogP contribution in [0.3, 0.4) is 0 Å². The Balaban J connectivity index is 1.72. The molecule has 1 fully saturated rings. The van der Waals surface area contributed by atoms with Crippen LogP contribution < -0.4 is 4.90 Å². The van der Waals surface area contributed by atoms with E-state index in [1.54, 1.807) is 0 Å². The number of nitrogens with one attached hydrogen (secondary N) is 1. The summed E-state index contributed by atoms with van der Waals surface area (Å²) >= 11 is 0. The second-order valence-corrected chi connectivity index (χ2v) is 4.84. The molecule has 1 aromatic heterocycles. The van der Waals surface area contributed by atoms with E-state index >= 15 is 0 Å². The van der Waals surface area contributed by atoms with Crippen LogP contribution in [0, 0.1) is 5.92 Å². The standard InChI is InChI=1S/C14H19N3O/c1-2-18-10-11-7-8-17(9-11)14-15-12-5-3-4-6-13(12)16-14/h3-6,11H,2,7-10H2,1H3,(H,15,16). The Labute approximate surface area is 107 Å². The Morgan fingerprint density at radius 2 is 2.33 bits per heavy atom. The zero-order valence-electron chi connectivity index (χ0n) is 10.7. The highest BCUT2D eigenvalue weighted by molar-refractivity contribution is 5.77. The van der Waals surface area contributed by atoms with Crippen molar-refractivity contribution in [2.45, 2.75) is 13.3 Å². The van der Waals surface area contributed by atoms with Gasteiger partial charge in [0.15, 0.2) is 0 Å². The van der Waals surface area contributed by atoms with Crippen LogP contribution in [0.4, 0.5) is 5.95 Å². The van der Waals surface area contributed by atoms with Crippen LogP contribution in [0.25, 0.3) is 11.0 Å². The Bertz CT molecular complexity index is 489. The molecule has 1 atom stereocenters. The minimum absolute atomic E-state index is 0.637. The number of rotatable bonds is 4. The maximum Gasteiger partial charge on any atom is 0.203 e. The highest BCUT2D eigenvalue weighted by Gasteiger charge is 2.24. The molecule has 1 saturated heterocycles. The van der Waals surface area contributed by atoms with E-state index in [1.807, 2.05) is 25.1 Å². The summed E-state index contributed by atoms with van der Waals surface area (Å²) in [5, 5.41) is 0. The van der Waals surface area contributed by atoms with Gasteiger partial charge in [0, 0.05) is 25.6 Å². The van der Waals surface area contributed by atoms with Gasteiger partial charge in [0.05, 0.1) is 17.6 Å². The van der Waals surface area contributed by atoms with E-state index in [0.29, 0.717) is 5.92 Å². The van der Waals surface area contributed by atoms with Gasteiger partial charge in [-0.1, -0.05) is 12.1 Å². The fourth-order valence-corrected chi connectivity index (χ4v) is 2.53. The van der Waals surface area contributed by atoms with Crippen molar-refractivity contribution in [3.05, 3.63) is 24.3 Å². The third-order valence-corrected chi connectivity index (χ3v) is 3.52. The average molecular weight is 245 g/mol. The monoisotopic (exact) mass is 245 g/mol. The molecule has 1 aromatic carbocycles. The van der Waals surface area contributed by atoms with Crippen molar-refractivity contribution in [3.63, 3.8) is 0 Å². The van der Waals surface area contributed by atoms with Gasteiger partial charge in [0.2, 0.25) is 5.95 Å². The minimum Gasteiger partial charge on any atom is -0.381 e. The fourth-order valence-electron chi connectivity index (χ4n) is 2.53. The molecule has 0 aliphatic carbocycles. The Hall–Kier alpha value is -1.55. The van der Waals surface area contributed by atoms with E-state index in [2.05, 4.69) is 20.9 Å². The number of aromatic amines is 1. The Morgan fingerprint density at radius 3 is 3.17 bits per heavy atom. The molecule has 0 spiro atoms. The first-order valence-corrected chi connectivity index (χ1v) is 6.64. The smallest absolute Gasteiger partial charge is 0.203 e. The predicted octanol–water partition coefficient (Wildman–Crippen LogP) is 2.43. The van der Waals surface area contributed by atoms with E-state index < -0.39 is 0 Å². The van der Waals surface area contributed by atoms with Gasteiger partial charge in [-0.15, -0.1) is 0 Å². The second kappa shape index (κ2) is 4.98. The van der Waals surface area contributed by atoms with Crippen LogP contribution in [0.5, 0.6) is 0 Å². The topological polar surface area (TPSA) is 41.1 Å². The largest absolute Gasteiger partial charge is 0.381 e. The summed E-state index contributed by atoms with van der Waals surface area (Å²) in [4.78, 5) is 10.4. The molecular weight excluding hydrogens is 226 g/mol. The molecule has 0 amide bonds. The number of aromatic nitrogens is 2. The van der Waals surface area contributed by atoms with Gasteiger partial charge in [-0.25, -0.2) is 4.98 Å². The number of fused-ring (bicyclic) bond motifs is 1. The van der Waals surface area contributed by atoms with Gasteiger partial charge >= 0.3 is 0 Å². The summed E-state index contributed by atoms with van der Waals surface area (Å²) in [5.74, 6) is 1.63. The summed E-state index contributed by atoms with van der Waals surface area (Å²) in [6.45, 7) is 5.83. The number of hydrogen-bond donors (Lipinski definition) is 1. The lowest BCUT2D eigenvalue weighted by molar-refractivity contribution is 0.117. The van der Waals surface area contributed by atoms with Crippen LogP contribution in [0.2, 0.25) is 0 Å². The zero-order valence-corrected chi connectivity index (χ0v) is 10.7. The van der Waals surface area contributed by atoms with E-state index in [0.717, 1.165) is 43.3 Å². The third kappa shape index (κ3) is 2.20. The number of nitrogens with zero attached hydrogens (tertiary/aromatic N) is 2. The molecule has 96 valence electrons. The summed E-state index contributed by atoms with van der Waals surface area (Å²) in [5.41, 5.74) is 2.15. The number of benzene rings is 1. The molecule has 2 heterocycles. The normalized spacial score (nSPS) is 19.8. The summed E-state index contributed by atoms with van der Waals surface area (Å²) < 4.78 is 5.50. The maximum atomic E-state index is 5.50. The quantitative estimate of drug-likeness (QED) is 0.899. The van der Waals surface area contributed by atoms with Crippen molar-refractivity contribution in [3.8, 4) is 0 Å². The van der Waals surface area contributed by atoms with Gasteiger partial charge < -0.3 is 14.6 Å². The molecule has 4 heteroatoms. The molecule has 2 aromatic rings. The van der Waals surface area contributed by atoms with Crippen LogP contribution in [-0.2, 0) is 4.74 Å². The van der Waals surface area contributed by atoms with Crippen molar-refractivity contribution in [2.75, 3.05) is 31.2 Å². The maximum absolute atomic E-state index is 5.50. The van der Waals surface area contributed by atoms with Crippen molar-refractivity contribution >= 4 is 17.0 Å². The highest BCUT2D eigenvalue weighted by Crippen LogP contribution is 2.23. The summed E-state index contributed by atoms with van der Waals surface area (Å²) in [6.07, 6.45) is 1.19. The number of para-hydroxylation sites is 2. The van der Waals surface area contributed by atoms with Crippen molar-refractivity contribution in [2.24, 2.45) is 5.92 Å². The molecule has 0 radical (unpaired) electrons. The molecule has 0 bridgehead atoms. The molecule has 1 N–H and O–H groups in total. The number of imidazole rings is 1. The van der Waals surface area contributed by atoms with E-state index in [9.17, 15) is 0 Å². The second-order valence-electron chi connectivity index (χ2n) is 4.84. The van der Waals surface area contributed by atoms with Crippen LogP contribution >= 0.6 is 0 Å². The SMILES string of the molecule is CCOCC1CCN(c2nc3ccccc3[nH]2)C1. The molecule has 0 saturated carbocycles. The minimum atomic E-state index is 0.637. The first-order valence-electron chi connectivity index (χ1n) is 6.64. The lowest BCUT2D eigenvalue weighted by Crippen LogP contribution is -2.22. The Kier molecular flexibility index (Phi) is 3.19. The van der Waals surface area contributed by atoms with E-state index in [4.69, 9.17) is 4.74 Å². The molecule has 1 unspecified atom stereocenters. The Morgan fingerprint density at radius 1 is 1.44 bits per heavy atom. The summed E-state index contributed by atoms with van der Waals surface area (Å²) in [7, 11) is 0. The van der Waals surface area contributed by atoms with Crippen LogP contribution in [0.1, 0.15) is 13.3 Å². The fraction of sp³-hybridized carbons (Fsp3) is 0.500. The van der Waals surface area contributed by atoms with Gasteiger partial charge in [-0.2, -0.15) is 0 Å². The predicted molar refractivity (Wildman–Crippen MR) is 72.9 cm³/mol. The molecular formula is C14H19N3O. The highest BCUT2D eigenvalue weighted by atomic mass is 16.5. The lowest BCUT2D eigenvalue weighted by Gasteiger charge is -2.14. The van der Waals surface area contributed by atoms with Gasteiger partial charge in [0.25, 0.3) is 0 Å². The van der Waals surface area contributed by atoms with Crippen molar-refractivity contribution in [1.82, 2.24) is 9.97 Å². The lowest BCUT2D eigenvalue weighted by atomic mass is 10.1. The first-order chi connectivity index (χ1) is 8.86. The summed E-state index contributed by atoms with van der Waals surface area (Å²) in [6, 6.07) is 8.17. The molecule has 1 aliphatic rings. The molecule has 4 nitrogen and oxygen atoms in total. The zero-order chi connectivity index (χ0) is 12.4. The molecule has 18 heavy (non-hydrogen) atoms. The first kappa shape index (κ1) is 11.5. The molecule has 1 aliphatic heterocycles. The number of hydrogen-bond acceptors (Lipinski definition) is 3. The average Bonchev–Trinajstić information content (AvgIpc) is 3.02. The van der Waals surface area contributed by atoms with Crippen LogP contribution in [-0.4, -0.2) is 36.3 Å². The van der Waals surface area contributed by atoms with E-state index in [-0.39, 0.29) is 0 Å². The van der Waals surface area contributed by atoms with Gasteiger partial charge in [-0.3, -0.25) is 0 Å². The van der Waals surface area contributed by atoms with E-state index in [1.165, 1.54) is 6.42 Å².